The molecule has 2 aromatic heterocycles. The summed E-state index contributed by atoms with van der Waals surface area (Å²) in [6, 6.07) is 5.28. The molecule has 2 N–H and O–H groups in total. The lowest BCUT2D eigenvalue weighted by Gasteiger charge is -2.32. The van der Waals surface area contributed by atoms with Crippen LogP contribution in [0.4, 0.5) is 5.13 Å². The molecular formula is C17H16Cl2N6O2S. The normalized spacial score (nSPS) is 17.1. The van der Waals surface area contributed by atoms with E-state index in [-0.39, 0.29) is 18.4 Å². The third-order valence-electron chi connectivity index (χ3n) is 4.25. The zero-order valence-electron chi connectivity index (χ0n) is 14.6. The molecule has 4 rings (SSSR count). The molecule has 1 aliphatic rings. The smallest absolute Gasteiger partial charge is 0.220 e. The van der Waals surface area contributed by atoms with Crippen LogP contribution in [0.25, 0.3) is 16.3 Å². The van der Waals surface area contributed by atoms with E-state index in [1.807, 2.05) is 6.07 Å². The van der Waals surface area contributed by atoms with Gasteiger partial charge in [-0.15, -0.1) is 0 Å². The largest absolute Gasteiger partial charge is 0.374 e. The van der Waals surface area contributed by atoms with Crippen LogP contribution in [-0.2, 0) is 9.53 Å². The highest BCUT2D eigenvalue weighted by atomic mass is 35.5. The van der Waals surface area contributed by atoms with Crippen LogP contribution in [0.1, 0.15) is 6.42 Å². The first-order chi connectivity index (χ1) is 13.5. The average molecular weight is 439 g/mol. The van der Waals surface area contributed by atoms with Crippen molar-refractivity contribution in [1.29, 1.82) is 0 Å². The van der Waals surface area contributed by atoms with E-state index >= 15 is 0 Å². The minimum Gasteiger partial charge on any atom is -0.374 e. The second-order valence-electron chi connectivity index (χ2n) is 6.22. The zero-order chi connectivity index (χ0) is 19.7. The number of nitrogens with two attached hydrogens (primary N) is 1. The molecule has 1 saturated heterocycles. The van der Waals surface area contributed by atoms with Crippen molar-refractivity contribution in [1.82, 2.24) is 19.7 Å². The van der Waals surface area contributed by atoms with Crippen LogP contribution >= 0.6 is 34.5 Å². The molecule has 8 nitrogen and oxygen atoms in total. The predicted molar refractivity (Wildman–Crippen MR) is 108 cm³/mol. The molecule has 3 heterocycles. The lowest BCUT2D eigenvalue weighted by molar-refractivity contribution is -0.121. The first kappa shape index (κ1) is 19.1. The standard InChI is InChI=1S/C17H16Cl2N6O2S/c18-10-1-2-12(13(19)5-10)15-16(25-9-21-8-22-25)28-17(23-15)24-3-4-27-11(7-24)6-14(20)26/h1-2,5,8-9,11H,3-4,6-7H2,(H2,20,26). The summed E-state index contributed by atoms with van der Waals surface area (Å²) in [6.45, 7) is 1.68. The molecule has 28 heavy (non-hydrogen) atoms. The molecule has 11 heteroatoms. The number of halogens is 2. The van der Waals surface area contributed by atoms with Gasteiger partial charge in [-0.25, -0.2) is 14.6 Å². The van der Waals surface area contributed by atoms with E-state index in [1.165, 1.54) is 17.7 Å². The van der Waals surface area contributed by atoms with Crippen molar-refractivity contribution >= 4 is 45.6 Å². The molecule has 0 aliphatic carbocycles. The second kappa shape index (κ2) is 8.04. The van der Waals surface area contributed by atoms with E-state index in [0.717, 1.165) is 15.7 Å². The Balaban J connectivity index is 1.73. The molecule has 0 saturated carbocycles. The minimum absolute atomic E-state index is 0.174. The van der Waals surface area contributed by atoms with Crippen molar-refractivity contribution < 1.29 is 9.53 Å². The molecule has 1 aliphatic heterocycles. The van der Waals surface area contributed by atoms with Crippen molar-refractivity contribution in [3.05, 3.63) is 40.9 Å². The Morgan fingerprint density at radius 1 is 1.39 bits per heavy atom. The van der Waals surface area contributed by atoms with Crippen LogP contribution in [0.3, 0.4) is 0 Å². The van der Waals surface area contributed by atoms with E-state index in [2.05, 4.69) is 15.0 Å². The average Bonchev–Trinajstić information content (AvgIpc) is 3.31. The highest BCUT2D eigenvalue weighted by Gasteiger charge is 2.26. The topological polar surface area (TPSA) is 99.2 Å². The SMILES string of the molecule is NC(=O)CC1CN(c2nc(-c3ccc(Cl)cc3Cl)c(-n3cncn3)s2)CCO1. The maximum atomic E-state index is 11.2. The fourth-order valence-corrected chi connectivity index (χ4v) is 4.55. The van der Waals surface area contributed by atoms with Crippen LogP contribution in [0.2, 0.25) is 10.0 Å². The Bertz CT molecular complexity index is 994. The summed E-state index contributed by atoms with van der Waals surface area (Å²) in [7, 11) is 0. The number of amides is 1. The summed E-state index contributed by atoms with van der Waals surface area (Å²) in [4.78, 5) is 22.2. The summed E-state index contributed by atoms with van der Waals surface area (Å²) >= 11 is 13.9. The Hall–Kier alpha value is -2.20. The van der Waals surface area contributed by atoms with Crippen molar-refractivity contribution in [3.63, 3.8) is 0 Å². The van der Waals surface area contributed by atoms with Crippen LogP contribution < -0.4 is 10.6 Å². The Morgan fingerprint density at radius 3 is 2.96 bits per heavy atom. The minimum atomic E-state index is -0.386. The van der Waals surface area contributed by atoms with E-state index in [9.17, 15) is 4.79 Å². The number of rotatable bonds is 5. The first-order valence-electron chi connectivity index (χ1n) is 8.47. The number of aromatic nitrogens is 4. The molecule has 3 aromatic rings. The van der Waals surface area contributed by atoms with Gasteiger partial charge in [-0.3, -0.25) is 4.79 Å². The van der Waals surface area contributed by atoms with Gasteiger partial charge in [-0.2, -0.15) is 5.10 Å². The molecule has 0 bridgehead atoms. The lowest BCUT2D eigenvalue weighted by atomic mass is 10.1. The van der Waals surface area contributed by atoms with E-state index in [0.29, 0.717) is 35.4 Å². The second-order valence-corrected chi connectivity index (χ2v) is 8.02. The predicted octanol–water partition coefficient (Wildman–Crippen LogP) is 2.78. The van der Waals surface area contributed by atoms with Gasteiger partial charge < -0.3 is 15.4 Å². The zero-order valence-corrected chi connectivity index (χ0v) is 16.9. The highest BCUT2D eigenvalue weighted by molar-refractivity contribution is 7.18. The van der Waals surface area contributed by atoms with Gasteiger partial charge in [0.1, 0.15) is 23.3 Å². The number of primary amides is 1. The summed E-state index contributed by atoms with van der Waals surface area (Å²) in [5.74, 6) is -0.386. The third kappa shape index (κ3) is 3.97. The number of nitrogens with zero attached hydrogens (tertiary/aromatic N) is 5. The van der Waals surface area contributed by atoms with E-state index in [4.69, 9.17) is 38.7 Å². The number of ether oxygens (including phenoxy) is 1. The quantitative estimate of drug-likeness (QED) is 0.657. The van der Waals surface area contributed by atoms with Crippen molar-refractivity contribution in [2.75, 3.05) is 24.6 Å². The van der Waals surface area contributed by atoms with Gasteiger partial charge in [0.25, 0.3) is 0 Å². The summed E-state index contributed by atoms with van der Waals surface area (Å²) < 4.78 is 7.29. The van der Waals surface area contributed by atoms with Gasteiger partial charge in [0, 0.05) is 23.7 Å². The number of hydrogen-bond donors (Lipinski definition) is 1. The lowest BCUT2D eigenvalue weighted by Crippen LogP contribution is -2.44. The fourth-order valence-electron chi connectivity index (χ4n) is 3.00. The highest BCUT2D eigenvalue weighted by Crippen LogP contribution is 2.39. The van der Waals surface area contributed by atoms with Gasteiger partial charge in [-0.05, 0) is 18.2 Å². The Kier molecular flexibility index (Phi) is 5.49. The molecule has 1 fully saturated rings. The molecule has 1 amide bonds. The Labute approximate surface area is 174 Å². The van der Waals surface area contributed by atoms with Crippen LogP contribution in [0, 0.1) is 0 Å². The van der Waals surface area contributed by atoms with Gasteiger partial charge in [0.2, 0.25) is 5.91 Å². The molecule has 1 aromatic carbocycles. The van der Waals surface area contributed by atoms with Crippen molar-refractivity contribution in [2.45, 2.75) is 12.5 Å². The number of thiazole rings is 1. The maximum absolute atomic E-state index is 11.2. The number of morpholine rings is 1. The van der Waals surface area contributed by atoms with Gasteiger partial charge in [0.05, 0.1) is 24.2 Å². The molecule has 0 spiro atoms. The summed E-state index contributed by atoms with van der Waals surface area (Å²) in [5.41, 5.74) is 6.75. The first-order valence-corrected chi connectivity index (χ1v) is 10.0. The summed E-state index contributed by atoms with van der Waals surface area (Å²) in [6.07, 6.45) is 2.99. The molecule has 146 valence electrons. The Morgan fingerprint density at radius 2 is 2.25 bits per heavy atom. The third-order valence-corrected chi connectivity index (χ3v) is 5.90. The summed E-state index contributed by atoms with van der Waals surface area (Å²) in [5, 5.41) is 6.85. The number of anilines is 1. The van der Waals surface area contributed by atoms with Crippen molar-refractivity contribution in [2.24, 2.45) is 5.73 Å². The molecule has 0 radical (unpaired) electrons. The van der Waals surface area contributed by atoms with E-state index < -0.39 is 0 Å². The number of carbonyl (C=O) groups excluding carboxylic acids is 1. The molecule has 1 unspecified atom stereocenters. The van der Waals surface area contributed by atoms with E-state index in [1.54, 1.807) is 23.1 Å². The van der Waals surface area contributed by atoms with Crippen LogP contribution in [0.15, 0.2) is 30.9 Å². The van der Waals surface area contributed by atoms with Gasteiger partial charge in [0.15, 0.2) is 5.13 Å². The maximum Gasteiger partial charge on any atom is 0.220 e. The monoisotopic (exact) mass is 438 g/mol. The van der Waals surface area contributed by atoms with Gasteiger partial charge >= 0.3 is 0 Å². The number of benzene rings is 1. The van der Waals surface area contributed by atoms with Gasteiger partial charge in [-0.1, -0.05) is 34.5 Å². The van der Waals surface area contributed by atoms with Crippen molar-refractivity contribution in [3.8, 4) is 16.3 Å². The molecule has 1 atom stereocenters. The number of hydrogen-bond acceptors (Lipinski definition) is 7. The van der Waals surface area contributed by atoms with Crippen LogP contribution in [-0.4, -0.2) is 51.5 Å². The molecular weight excluding hydrogens is 423 g/mol. The fraction of sp³-hybridized carbons (Fsp3) is 0.294. The van der Waals surface area contributed by atoms with Crippen LogP contribution in [0.5, 0.6) is 0 Å². The number of carbonyl (C=O) groups is 1.